The van der Waals surface area contributed by atoms with E-state index in [-0.39, 0.29) is 22.4 Å². The quantitative estimate of drug-likeness (QED) is 0.818. The molecule has 0 aliphatic carbocycles. The molecule has 16 heavy (non-hydrogen) atoms. The van der Waals surface area contributed by atoms with E-state index in [0.717, 1.165) is 0 Å². The van der Waals surface area contributed by atoms with Gasteiger partial charge in [-0.25, -0.2) is 13.1 Å². The van der Waals surface area contributed by atoms with E-state index in [1.807, 2.05) is 13.8 Å². The third-order valence-electron chi connectivity index (χ3n) is 2.41. The maximum absolute atomic E-state index is 11.8. The molecule has 5 nitrogen and oxygen atoms in total. The van der Waals surface area contributed by atoms with Crippen LogP contribution in [0.15, 0.2) is 28.0 Å². The lowest BCUT2D eigenvalue weighted by molar-refractivity contribution is 0.476. The number of aromatic amines is 1. The van der Waals surface area contributed by atoms with Gasteiger partial charge >= 0.3 is 0 Å². The zero-order valence-electron chi connectivity index (χ0n) is 9.52. The van der Waals surface area contributed by atoms with E-state index in [1.54, 1.807) is 6.92 Å². The predicted molar refractivity (Wildman–Crippen MR) is 61.7 cm³/mol. The van der Waals surface area contributed by atoms with Gasteiger partial charge in [0, 0.05) is 18.3 Å². The molecule has 1 aromatic rings. The second-order valence-corrected chi connectivity index (χ2v) is 5.76. The molecule has 0 aliphatic heterocycles. The van der Waals surface area contributed by atoms with Crippen LogP contribution in [0, 0.1) is 5.92 Å². The number of hydrogen-bond donors (Lipinski definition) is 2. The van der Waals surface area contributed by atoms with Gasteiger partial charge in [-0.3, -0.25) is 4.79 Å². The third kappa shape index (κ3) is 3.18. The van der Waals surface area contributed by atoms with E-state index < -0.39 is 10.0 Å². The molecule has 0 bridgehead atoms. The van der Waals surface area contributed by atoms with Gasteiger partial charge in [-0.1, -0.05) is 13.8 Å². The standard InChI is InChI=1S/C10H16N2O3S/c1-7(2)8(3)12-16(14,15)9-4-5-10(13)11-6-9/h4-8,12H,1-3H3,(H,11,13). The van der Waals surface area contributed by atoms with Gasteiger partial charge in [0.05, 0.1) is 4.90 Å². The molecule has 0 aromatic carbocycles. The molecule has 1 heterocycles. The fourth-order valence-corrected chi connectivity index (χ4v) is 2.37. The minimum absolute atomic E-state index is 0.0691. The smallest absolute Gasteiger partial charge is 0.247 e. The van der Waals surface area contributed by atoms with Crippen LogP contribution >= 0.6 is 0 Å². The maximum atomic E-state index is 11.8. The van der Waals surface area contributed by atoms with Crippen molar-refractivity contribution < 1.29 is 8.42 Å². The van der Waals surface area contributed by atoms with Gasteiger partial charge in [0.2, 0.25) is 15.6 Å². The van der Waals surface area contributed by atoms with E-state index in [2.05, 4.69) is 9.71 Å². The molecule has 0 saturated carbocycles. The number of H-pyrrole nitrogens is 1. The number of hydrogen-bond acceptors (Lipinski definition) is 3. The number of rotatable bonds is 4. The summed E-state index contributed by atoms with van der Waals surface area (Å²) in [4.78, 5) is 13.2. The van der Waals surface area contributed by atoms with Crippen LogP contribution in [0.1, 0.15) is 20.8 Å². The molecule has 1 aromatic heterocycles. The molecule has 0 saturated heterocycles. The minimum atomic E-state index is -3.54. The number of aromatic nitrogens is 1. The highest BCUT2D eigenvalue weighted by Gasteiger charge is 2.18. The van der Waals surface area contributed by atoms with Crippen LogP contribution in [0.2, 0.25) is 0 Å². The zero-order chi connectivity index (χ0) is 12.3. The summed E-state index contributed by atoms with van der Waals surface area (Å²) < 4.78 is 26.2. The number of pyridine rings is 1. The third-order valence-corrected chi connectivity index (χ3v) is 3.96. The molecular formula is C10H16N2O3S. The summed E-state index contributed by atoms with van der Waals surface area (Å²) in [6, 6.07) is 2.32. The lowest BCUT2D eigenvalue weighted by Gasteiger charge is -2.17. The SMILES string of the molecule is CC(C)C(C)NS(=O)(=O)c1ccc(=O)[nH]c1. The average Bonchev–Trinajstić information content (AvgIpc) is 2.17. The lowest BCUT2D eigenvalue weighted by atomic mass is 10.1. The summed E-state index contributed by atoms with van der Waals surface area (Å²) in [6.45, 7) is 5.66. The number of nitrogens with one attached hydrogen (secondary N) is 2. The molecule has 0 spiro atoms. The normalized spacial score (nSPS) is 14.0. The van der Waals surface area contributed by atoms with Gasteiger partial charge in [-0.15, -0.1) is 0 Å². The van der Waals surface area contributed by atoms with Crippen LogP contribution in [-0.4, -0.2) is 19.4 Å². The molecule has 0 fully saturated rings. The Labute approximate surface area is 94.9 Å². The Morgan fingerprint density at radius 3 is 2.31 bits per heavy atom. The molecule has 1 atom stereocenters. The van der Waals surface area contributed by atoms with Gasteiger partial charge in [0.1, 0.15) is 0 Å². The first kappa shape index (κ1) is 12.9. The molecule has 0 radical (unpaired) electrons. The Balaban J connectivity index is 2.94. The first-order valence-corrected chi connectivity index (χ1v) is 6.52. The van der Waals surface area contributed by atoms with E-state index in [0.29, 0.717) is 0 Å². The topological polar surface area (TPSA) is 79.0 Å². The van der Waals surface area contributed by atoms with Crippen molar-refractivity contribution in [3.63, 3.8) is 0 Å². The van der Waals surface area contributed by atoms with E-state index in [9.17, 15) is 13.2 Å². The molecule has 0 amide bonds. The molecular weight excluding hydrogens is 228 g/mol. The molecule has 0 aliphatic rings. The summed E-state index contributed by atoms with van der Waals surface area (Å²) in [7, 11) is -3.54. The molecule has 1 rings (SSSR count). The highest BCUT2D eigenvalue weighted by Crippen LogP contribution is 2.08. The van der Waals surface area contributed by atoms with Crippen molar-refractivity contribution in [2.24, 2.45) is 5.92 Å². The van der Waals surface area contributed by atoms with Crippen molar-refractivity contribution in [3.8, 4) is 0 Å². The van der Waals surface area contributed by atoms with Crippen LogP contribution in [0.5, 0.6) is 0 Å². The fraction of sp³-hybridized carbons (Fsp3) is 0.500. The minimum Gasteiger partial charge on any atom is -0.328 e. The molecule has 2 N–H and O–H groups in total. The van der Waals surface area contributed by atoms with E-state index in [1.165, 1.54) is 18.3 Å². The Hall–Kier alpha value is -1.14. The highest BCUT2D eigenvalue weighted by atomic mass is 32.2. The Morgan fingerprint density at radius 2 is 1.88 bits per heavy atom. The second kappa shape index (κ2) is 4.80. The van der Waals surface area contributed by atoms with Crippen molar-refractivity contribution in [2.75, 3.05) is 0 Å². The van der Waals surface area contributed by atoms with Gasteiger partial charge in [0.25, 0.3) is 0 Å². The lowest BCUT2D eigenvalue weighted by Crippen LogP contribution is -2.36. The largest absolute Gasteiger partial charge is 0.328 e. The van der Waals surface area contributed by atoms with Crippen molar-refractivity contribution in [1.82, 2.24) is 9.71 Å². The maximum Gasteiger partial charge on any atom is 0.247 e. The summed E-state index contributed by atoms with van der Waals surface area (Å²) in [5, 5.41) is 0. The molecule has 6 heteroatoms. The van der Waals surface area contributed by atoms with Crippen molar-refractivity contribution in [3.05, 3.63) is 28.7 Å². The summed E-state index contributed by atoms with van der Waals surface area (Å²) in [5.41, 5.74) is -0.323. The monoisotopic (exact) mass is 244 g/mol. The first-order valence-electron chi connectivity index (χ1n) is 5.04. The molecule has 90 valence electrons. The van der Waals surface area contributed by atoms with Crippen LogP contribution in [0.3, 0.4) is 0 Å². The fourth-order valence-electron chi connectivity index (χ4n) is 1.01. The summed E-state index contributed by atoms with van der Waals surface area (Å²) >= 11 is 0. The van der Waals surface area contributed by atoms with E-state index >= 15 is 0 Å². The Morgan fingerprint density at radius 1 is 1.25 bits per heavy atom. The van der Waals surface area contributed by atoms with Crippen LogP contribution < -0.4 is 10.3 Å². The van der Waals surface area contributed by atoms with Gasteiger partial charge in [-0.05, 0) is 18.9 Å². The van der Waals surface area contributed by atoms with Gasteiger partial charge < -0.3 is 4.98 Å². The summed E-state index contributed by atoms with van der Waals surface area (Å²) in [6.07, 6.45) is 1.19. The predicted octanol–water partition coefficient (Wildman–Crippen LogP) is 0.698. The van der Waals surface area contributed by atoms with E-state index in [4.69, 9.17) is 0 Å². The van der Waals surface area contributed by atoms with Gasteiger partial charge in [-0.2, -0.15) is 0 Å². The van der Waals surface area contributed by atoms with Crippen molar-refractivity contribution in [2.45, 2.75) is 31.7 Å². The number of sulfonamides is 1. The zero-order valence-corrected chi connectivity index (χ0v) is 10.3. The van der Waals surface area contributed by atoms with Crippen LogP contribution in [-0.2, 0) is 10.0 Å². The summed E-state index contributed by atoms with van der Waals surface area (Å²) in [5.74, 6) is 0.206. The van der Waals surface area contributed by atoms with Crippen LogP contribution in [0.4, 0.5) is 0 Å². The Kier molecular flexibility index (Phi) is 3.88. The Bertz CT molecular complexity index is 485. The first-order chi connectivity index (χ1) is 7.33. The van der Waals surface area contributed by atoms with Crippen molar-refractivity contribution >= 4 is 10.0 Å². The van der Waals surface area contributed by atoms with Crippen molar-refractivity contribution in [1.29, 1.82) is 0 Å². The molecule has 1 unspecified atom stereocenters. The highest BCUT2D eigenvalue weighted by molar-refractivity contribution is 7.89. The average molecular weight is 244 g/mol. The second-order valence-electron chi connectivity index (χ2n) is 4.04. The van der Waals surface area contributed by atoms with Crippen LogP contribution in [0.25, 0.3) is 0 Å². The van der Waals surface area contributed by atoms with Gasteiger partial charge in [0.15, 0.2) is 0 Å².